The number of benzene rings is 1. The van der Waals surface area contributed by atoms with Crippen LogP contribution in [0.4, 0.5) is 4.39 Å². The van der Waals surface area contributed by atoms with Crippen LogP contribution in [-0.4, -0.2) is 50.8 Å². The summed E-state index contributed by atoms with van der Waals surface area (Å²) in [5.74, 6) is 0.843. The van der Waals surface area contributed by atoms with Crippen LogP contribution in [0.2, 0.25) is 0 Å². The van der Waals surface area contributed by atoms with E-state index in [0.29, 0.717) is 24.3 Å². The number of halogens is 1. The Morgan fingerprint density at radius 3 is 3.00 bits per heavy atom. The Morgan fingerprint density at radius 1 is 1.46 bits per heavy atom. The lowest BCUT2D eigenvalue weighted by molar-refractivity contribution is 0.156. The zero-order chi connectivity index (χ0) is 17.0. The topological polar surface area (TPSA) is 46.1 Å². The van der Waals surface area contributed by atoms with Crippen LogP contribution in [-0.2, 0) is 11.3 Å². The quantitative estimate of drug-likeness (QED) is 0.678. The fraction of sp³-hybridized carbons (Fsp3) is 0.611. The van der Waals surface area contributed by atoms with Crippen molar-refractivity contribution in [3.8, 4) is 5.75 Å². The third-order valence-corrected chi connectivity index (χ3v) is 4.88. The molecule has 2 aliphatic rings. The van der Waals surface area contributed by atoms with Crippen LogP contribution in [0.5, 0.6) is 5.75 Å². The van der Waals surface area contributed by atoms with E-state index in [2.05, 4.69) is 15.2 Å². The number of hydrogen-bond acceptors (Lipinski definition) is 3. The zero-order valence-electron chi connectivity index (χ0n) is 14.5. The number of ether oxygens (including phenoxy) is 2. The Bertz CT molecular complexity index is 600. The van der Waals surface area contributed by atoms with Crippen LogP contribution in [0.3, 0.4) is 0 Å². The van der Waals surface area contributed by atoms with Crippen LogP contribution in [0.1, 0.15) is 25.3 Å². The lowest BCUT2D eigenvalue weighted by Gasteiger charge is -2.25. The van der Waals surface area contributed by atoms with E-state index in [0.717, 1.165) is 50.7 Å². The molecule has 1 spiro atoms. The maximum Gasteiger partial charge on any atom is 0.193 e. The molecule has 132 valence electrons. The first kappa shape index (κ1) is 17.0. The van der Waals surface area contributed by atoms with E-state index in [-0.39, 0.29) is 5.82 Å². The summed E-state index contributed by atoms with van der Waals surface area (Å²) in [5.41, 5.74) is 1.17. The van der Waals surface area contributed by atoms with Crippen LogP contribution in [0.15, 0.2) is 23.2 Å². The third kappa shape index (κ3) is 3.64. The Hall–Kier alpha value is -1.82. The van der Waals surface area contributed by atoms with Gasteiger partial charge < -0.3 is 19.7 Å². The number of nitrogens with one attached hydrogen (secondary N) is 1. The zero-order valence-corrected chi connectivity index (χ0v) is 14.5. The SMILES string of the molecule is CCOc1ccc(CNC(=NC)N2CCC3(CCOC3)C2)cc1F. The van der Waals surface area contributed by atoms with Gasteiger partial charge in [0.2, 0.25) is 0 Å². The molecule has 6 heteroatoms. The summed E-state index contributed by atoms with van der Waals surface area (Å²) in [7, 11) is 1.79. The average Bonchev–Trinajstić information content (AvgIpc) is 3.21. The predicted octanol–water partition coefficient (Wildman–Crippen LogP) is 2.41. The monoisotopic (exact) mass is 335 g/mol. The van der Waals surface area contributed by atoms with Gasteiger partial charge >= 0.3 is 0 Å². The number of hydrogen-bond donors (Lipinski definition) is 1. The molecule has 1 aromatic rings. The summed E-state index contributed by atoms with van der Waals surface area (Å²) < 4.78 is 24.7. The van der Waals surface area contributed by atoms with E-state index in [4.69, 9.17) is 9.47 Å². The molecule has 0 bridgehead atoms. The summed E-state index contributed by atoms with van der Waals surface area (Å²) in [6, 6.07) is 5.07. The van der Waals surface area contributed by atoms with E-state index in [1.54, 1.807) is 13.1 Å². The predicted molar refractivity (Wildman–Crippen MR) is 91.8 cm³/mol. The molecule has 1 aromatic carbocycles. The van der Waals surface area contributed by atoms with Gasteiger partial charge in [0.05, 0.1) is 13.2 Å². The molecule has 0 amide bonds. The van der Waals surface area contributed by atoms with E-state index in [1.165, 1.54) is 6.07 Å². The highest BCUT2D eigenvalue weighted by Crippen LogP contribution is 2.38. The molecule has 0 saturated carbocycles. The van der Waals surface area contributed by atoms with Gasteiger partial charge in [-0.25, -0.2) is 4.39 Å². The minimum Gasteiger partial charge on any atom is -0.491 e. The standard InChI is InChI=1S/C18H26FN3O2/c1-3-24-16-5-4-14(10-15(16)19)11-21-17(20-2)22-8-6-18(12-22)7-9-23-13-18/h4-5,10H,3,6-9,11-13H2,1-2H3,(H,20,21). The molecule has 3 rings (SSSR count). The molecule has 0 radical (unpaired) electrons. The lowest BCUT2D eigenvalue weighted by atomic mass is 9.87. The lowest BCUT2D eigenvalue weighted by Crippen LogP contribution is -2.41. The molecule has 0 aliphatic carbocycles. The molecule has 1 N–H and O–H groups in total. The minimum absolute atomic E-state index is 0.295. The second-order valence-corrected chi connectivity index (χ2v) is 6.57. The summed E-state index contributed by atoms with van der Waals surface area (Å²) in [4.78, 5) is 6.66. The summed E-state index contributed by atoms with van der Waals surface area (Å²) >= 11 is 0. The van der Waals surface area contributed by atoms with Gasteiger partial charge in [0.1, 0.15) is 0 Å². The van der Waals surface area contributed by atoms with Gasteiger partial charge in [-0.1, -0.05) is 6.07 Å². The third-order valence-electron chi connectivity index (χ3n) is 4.88. The number of likely N-dealkylation sites (tertiary alicyclic amines) is 1. The molecule has 2 heterocycles. The first-order valence-electron chi connectivity index (χ1n) is 8.60. The minimum atomic E-state index is -0.325. The molecule has 24 heavy (non-hydrogen) atoms. The van der Waals surface area contributed by atoms with Crippen molar-refractivity contribution in [1.82, 2.24) is 10.2 Å². The van der Waals surface area contributed by atoms with E-state index >= 15 is 0 Å². The van der Waals surface area contributed by atoms with E-state index in [9.17, 15) is 4.39 Å². The molecule has 5 nitrogen and oxygen atoms in total. The Labute approximate surface area is 142 Å². The van der Waals surface area contributed by atoms with Gasteiger partial charge in [0.25, 0.3) is 0 Å². The number of rotatable bonds is 4. The maximum atomic E-state index is 13.9. The molecule has 2 aliphatic heterocycles. The smallest absolute Gasteiger partial charge is 0.193 e. The highest BCUT2D eigenvalue weighted by Gasteiger charge is 2.42. The van der Waals surface area contributed by atoms with E-state index < -0.39 is 0 Å². The maximum absolute atomic E-state index is 13.9. The van der Waals surface area contributed by atoms with Gasteiger partial charge in [-0.05, 0) is 37.5 Å². The van der Waals surface area contributed by atoms with Crippen molar-refractivity contribution in [3.05, 3.63) is 29.6 Å². The second-order valence-electron chi connectivity index (χ2n) is 6.57. The summed E-state index contributed by atoms with van der Waals surface area (Å²) in [5, 5.41) is 3.34. The van der Waals surface area contributed by atoms with Crippen molar-refractivity contribution in [2.45, 2.75) is 26.3 Å². The van der Waals surface area contributed by atoms with Gasteiger partial charge in [-0.15, -0.1) is 0 Å². The largest absolute Gasteiger partial charge is 0.491 e. The van der Waals surface area contributed by atoms with Gasteiger partial charge in [-0.2, -0.15) is 0 Å². The Morgan fingerprint density at radius 2 is 2.33 bits per heavy atom. The molecular formula is C18H26FN3O2. The molecule has 1 atom stereocenters. The van der Waals surface area contributed by atoms with Gasteiger partial charge in [0, 0.05) is 38.7 Å². The van der Waals surface area contributed by atoms with Gasteiger partial charge in [-0.3, -0.25) is 4.99 Å². The first-order chi connectivity index (χ1) is 11.7. The normalized spacial score (nSPS) is 24.0. The average molecular weight is 335 g/mol. The van der Waals surface area contributed by atoms with E-state index in [1.807, 2.05) is 13.0 Å². The summed E-state index contributed by atoms with van der Waals surface area (Å²) in [6.07, 6.45) is 2.27. The van der Waals surface area contributed by atoms with Crippen molar-refractivity contribution in [2.75, 3.05) is 40.0 Å². The Balaban J connectivity index is 1.58. The highest BCUT2D eigenvalue weighted by atomic mass is 19.1. The van der Waals surface area contributed by atoms with Gasteiger partial charge in [0.15, 0.2) is 17.5 Å². The highest BCUT2D eigenvalue weighted by molar-refractivity contribution is 5.80. The van der Waals surface area contributed by atoms with Crippen molar-refractivity contribution in [1.29, 1.82) is 0 Å². The van der Waals surface area contributed by atoms with Crippen LogP contribution in [0, 0.1) is 11.2 Å². The Kier molecular flexibility index (Phi) is 5.23. The van der Waals surface area contributed by atoms with Crippen molar-refractivity contribution in [3.63, 3.8) is 0 Å². The molecule has 2 fully saturated rings. The van der Waals surface area contributed by atoms with Crippen molar-refractivity contribution >= 4 is 5.96 Å². The fourth-order valence-electron chi connectivity index (χ4n) is 3.53. The van der Waals surface area contributed by atoms with Crippen LogP contribution < -0.4 is 10.1 Å². The molecule has 2 saturated heterocycles. The van der Waals surface area contributed by atoms with Crippen LogP contribution >= 0.6 is 0 Å². The first-order valence-corrected chi connectivity index (χ1v) is 8.60. The number of nitrogens with zero attached hydrogens (tertiary/aromatic N) is 2. The number of guanidine groups is 1. The fourth-order valence-corrected chi connectivity index (χ4v) is 3.53. The summed E-state index contributed by atoms with van der Waals surface area (Å²) in [6.45, 7) is 6.52. The molecule has 1 unspecified atom stereocenters. The van der Waals surface area contributed by atoms with Crippen molar-refractivity contribution in [2.24, 2.45) is 10.4 Å². The van der Waals surface area contributed by atoms with Crippen LogP contribution in [0.25, 0.3) is 0 Å². The molecular weight excluding hydrogens is 309 g/mol. The molecule has 0 aromatic heterocycles. The van der Waals surface area contributed by atoms with Crippen molar-refractivity contribution < 1.29 is 13.9 Å². The number of aliphatic imine (C=N–C) groups is 1. The second kappa shape index (κ2) is 7.38.